The van der Waals surface area contributed by atoms with E-state index in [2.05, 4.69) is 5.32 Å². The van der Waals surface area contributed by atoms with Gasteiger partial charge in [-0.2, -0.15) is 13.2 Å². The van der Waals surface area contributed by atoms with Crippen molar-refractivity contribution in [2.75, 3.05) is 5.32 Å². The second-order valence-electron chi connectivity index (χ2n) is 5.08. The maximum Gasteiger partial charge on any atom is 0.416 e. The van der Waals surface area contributed by atoms with Gasteiger partial charge >= 0.3 is 6.18 Å². The van der Waals surface area contributed by atoms with Gasteiger partial charge in [0, 0.05) is 17.3 Å². The molecule has 0 radical (unpaired) electrons. The number of ketones is 1. The zero-order valence-corrected chi connectivity index (χ0v) is 12.7. The lowest BCUT2D eigenvalue weighted by molar-refractivity contribution is -0.137. The van der Waals surface area contributed by atoms with Crippen LogP contribution in [0.1, 0.15) is 28.4 Å². The first kappa shape index (κ1) is 17.5. The van der Waals surface area contributed by atoms with Gasteiger partial charge in [0.05, 0.1) is 5.56 Å². The first-order chi connectivity index (χ1) is 11.3. The number of benzene rings is 2. The molecule has 0 unspecified atom stereocenters. The second kappa shape index (κ2) is 7.12. The lowest BCUT2D eigenvalue weighted by atomic mass is 10.1. The Balaban J connectivity index is 2.08. The quantitative estimate of drug-likeness (QED) is 0.658. The molecular formula is C18H14F3NO2. The topological polar surface area (TPSA) is 46.2 Å². The molecule has 0 aliphatic heterocycles. The number of hydrogen-bond donors (Lipinski definition) is 1. The van der Waals surface area contributed by atoms with Gasteiger partial charge in [-0.25, -0.2) is 0 Å². The van der Waals surface area contributed by atoms with Gasteiger partial charge in [0.15, 0.2) is 5.78 Å². The van der Waals surface area contributed by atoms with E-state index in [1.807, 2.05) is 0 Å². The molecule has 0 aromatic heterocycles. The molecule has 124 valence electrons. The molecule has 0 heterocycles. The minimum Gasteiger partial charge on any atom is -0.322 e. The van der Waals surface area contributed by atoms with Gasteiger partial charge in [-0.05, 0) is 42.8 Å². The Hall–Kier alpha value is -2.89. The largest absolute Gasteiger partial charge is 0.416 e. The first-order valence-corrected chi connectivity index (χ1v) is 7.03. The Labute approximate surface area is 136 Å². The summed E-state index contributed by atoms with van der Waals surface area (Å²) >= 11 is 0. The summed E-state index contributed by atoms with van der Waals surface area (Å²) in [4.78, 5) is 23.1. The molecule has 0 saturated heterocycles. The number of anilines is 1. The molecule has 0 atom stereocenters. The highest BCUT2D eigenvalue weighted by molar-refractivity contribution is 6.03. The van der Waals surface area contributed by atoms with Gasteiger partial charge in [0.25, 0.3) is 0 Å². The predicted octanol–water partition coefficient (Wildman–Crippen LogP) is 4.56. The Morgan fingerprint density at radius 2 is 1.75 bits per heavy atom. The molecule has 1 amide bonds. The lowest BCUT2D eigenvalue weighted by Crippen LogP contribution is -2.08. The summed E-state index contributed by atoms with van der Waals surface area (Å²) in [5, 5.41) is 2.55. The number of amides is 1. The van der Waals surface area contributed by atoms with Crippen molar-refractivity contribution in [2.45, 2.75) is 13.1 Å². The van der Waals surface area contributed by atoms with Gasteiger partial charge in [-0.15, -0.1) is 0 Å². The van der Waals surface area contributed by atoms with Crippen LogP contribution in [-0.4, -0.2) is 11.7 Å². The minimum atomic E-state index is -4.43. The maximum atomic E-state index is 12.6. The summed E-state index contributed by atoms with van der Waals surface area (Å²) in [7, 11) is 0. The normalized spacial score (nSPS) is 11.5. The fourth-order valence-electron chi connectivity index (χ4n) is 1.99. The van der Waals surface area contributed by atoms with E-state index in [9.17, 15) is 22.8 Å². The number of nitrogens with one attached hydrogen (secondary N) is 1. The summed E-state index contributed by atoms with van der Waals surface area (Å²) in [6.07, 6.45) is -2.01. The van der Waals surface area contributed by atoms with Crippen LogP contribution in [0.15, 0.2) is 54.6 Å². The molecule has 2 aromatic rings. The van der Waals surface area contributed by atoms with Crippen molar-refractivity contribution in [2.24, 2.45) is 0 Å². The molecule has 0 saturated carbocycles. The molecule has 3 nitrogen and oxygen atoms in total. The van der Waals surface area contributed by atoms with Crippen molar-refractivity contribution >= 4 is 23.5 Å². The number of alkyl halides is 3. The van der Waals surface area contributed by atoms with Gasteiger partial charge in [-0.1, -0.05) is 24.3 Å². The van der Waals surface area contributed by atoms with Crippen LogP contribution < -0.4 is 5.32 Å². The Morgan fingerprint density at radius 3 is 2.42 bits per heavy atom. The van der Waals surface area contributed by atoms with E-state index >= 15 is 0 Å². The molecule has 0 aliphatic carbocycles. The Morgan fingerprint density at radius 1 is 1.04 bits per heavy atom. The standard InChI is InChI=1S/C18H14F3NO2/c1-12(23)14-5-3-7-16(11-14)22-17(24)9-8-13-4-2-6-15(10-13)18(19,20)21/h2-11H,1H3,(H,22,24). The molecular weight excluding hydrogens is 319 g/mol. The van der Waals surface area contributed by atoms with E-state index in [0.717, 1.165) is 18.2 Å². The lowest BCUT2D eigenvalue weighted by Gasteiger charge is -2.06. The van der Waals surface area contributed by atoms with Crippen molar-refractivity contribution in [3.05, 3.63) is 71.3 Å². The number of carbonyl (C=O) groups excluding carboxylic acids is 2. The third kappa shape index (κ3) is 4.81. The summed E-state index contributed by atoms with van der Waals surface area (Å²) in [5.74, 6) is -0.640. The Bertz CT molecular complexity index is 795. The third-order valence-corrected chi connectivity index (χ3v) is 3.18. The van der Waals surface area contributed by atoms with Crippen molar-refractivity contribution in [1.82, 2.24) is 0 Å². The van der Waals surface area contributed by atoms with Crippen molar-refractivity contribution < 1.29 is 22.8 Å². The van der Waals surface area contributed by atoms with E-state index in [4.69, 9.17) is 0 Å². The maximum absolute atomic E-state index is 12.6. The summed E-state index contributed by atoms with van der Waals surface area (Å²) < 4.78 is 37.9. The molecule has 0 spiro atoms. The zero-order chi connectivity index (χ0) is 17.7. The molecule has 0 aliphatic rings. The Kier molecular flexibility index (Phi) is 5.18. The molecule has 0 bridgehead atoms. The van der Waals surface area contributed by atoms with Crippen LogP contribution in [0.4, 0.5) is 18.9 Å². The number of halogens is 3. The van der Waals surface area contributed by atoms with Gasteiger partial charge in [-0.3, -0.25) is 9.59 Å². The molecule has 1 N–H and O–H groups in total. The molecule has 6 heteroatoms. The molecule has 24 heavy (non-hydrogen) atoms. The zero-order valence-electron chi connectivity index (χ0n) is 12.7. The first-order valence-electron chi connectivity index (χ1n) is 7.03. The van der Waals surface area contributed by atoms with Gasteiger partial charge in [0.2, 0.25) is 5.91 Å². The van der Waals surface area contributed by atoms with Crippen LogP contribution in [0.2, 0.25) is 0 Å². The highest BCUT2D eigenvalue weighted by atomic mass is 19.4. The summed E-state index contributed by atoms with van der Waals surface area (Å²) in [6.45, 7) is 1.41. The fourth-order valence-corrected chi connectivity index (χ4v) is 1.99. The molecule has 2 rings (SSSR count). The van der Waals surface area contributed by atoms with E-state index in [-0.39, 0.29) is 11.3 Å². The van der Waals surface area contributed by atoms with E-state index in [1.54, 1.807) is 18.2 Å². The van der Waals surface area contributed by atoms with Crippen LogP contribution in [0.5, 0.6) is 0 Å². The van der Waals surface area contributed by atoms with Crippen molar-refractivity contribution in [3.8, 4) is 0 Å². The minimum absolute atomic E-state index is 0.134. The smallest absolute Gasteiger partial charge is 0.322 e. The van der Waals surface area contributed by atoms with Crippen LogP contribution >= 0.6 is 0 Å². The van der Waals surface area contributed by atoms with Crippen LogP contribution in [0.25, 0.3) is 6.08 Å². The number of Topliss-reactive ketones (excluding diaryl/α,β-unsaturated/α-hetero) is 1. The number of hydrogen-bond acceptors (Lipinski definition) is 2. The van der Waals surface area contributed by atoms with Crippen molar-refractivity contribution in [3.63, 3.8) is 0 Å². The van der Waals surface area contributed by atoms with Crippen LogP contribution in [-0.2, 0) is 11.0 Å². The summed E-state index contributed by atoms with van der Waals surface area (Å²) in [6, 6.07) is 11.1. The SMILES string of the molecule is CC(=O)c1cccc(NC(=O)C=Cc2cccc(C(F)(F)F)c2)c1. The highest BCUT2D eigenvalue weighted by Crippen LogP contribution is 2.29. The van der Waals surface area contributed by atoms with Crippen molar-refractivity contribution in [1.29, 1.82) is 0 Å². The van der Waals surface area contributed by atoms with Crippen LogP contribution in [0.3, 0.4) is 0 Å². The monoisotopic (exact) mass is 333 g/mol. The molecule has 0 fully saturated rings. The fraction of sp³-hybridized carbons (Fsp3) is 0.111. The van der Waals surface area contributed by atoms with E-state index in [0.29, 0.717) is 11.3 Å². The number of rotatable bonds is 4. The predicted molar refractivity (Wildman–Crippen MR) is 85.6 cm³/mol. The highest BCUT2D eigenvalue weighted by Gasteiger charge is 2.30. The average molecular weight is 333 g/mol. The van der Waals surface area contributed by atoms with E-state index in [1.165, 1.54) is 31.2 Å². The van der Waals surface area contributed by atoms with Crippen LogP contribution in [0, 0.1) is 0 Å². The molecule has 2 aromatic carbocycles. The van der Waals surface area contributed by atoms with E-state index < -0.39 is 17.6 Å². The van der Waals surface area contributed by atoms with Gasteiger partial charge < -0.3 is 5.32 Å². The summed E-state index contributed by atoms with van der Waals surface area (Å²) in [5.41, 5.74) is 0.368. The number of carbonyl (C=O) groups is 2. The second-order valence-corrected chi connectivity index (χ2v) is 5.08. The average Bonchev–Trinajstić information content (AvgIpc) is 2.52. The third-order valence-electron chi connectivity index (χ3n) is 3.18. The van der Waals surface area contributed by atoms with Gasteiger partial charge in [0.1, 0.15) is 0 Å².